The molecule has 2 heterocycles. The number of carbonyl (C=O) groups excluding carboxylic acids is 2. The Morgan fingerprint density at radius 3 is 2.61 bits per heavy atom. The van der Waals surface area contributed by atoms with Crippen molar-refractivity contribution in [3.63, 3.8) is 0 Å². The van der Waals surface area contributed by atoms with Gasteiger partial charge in [0, 0.05) is 22.4 Å². The lowest BCUT2D eigenvalue weighted by Crippen LogP contribution is -2.59. The van der Waals surface area contributed by atoms with Crippen LogP contribution in [-0.2, 0) is 9.59 Å². The van der Waals surface area contributed by atoms with E-state index < -0.39 is 18.0 Å². The number of hydrogen-bond acceptors (Lipinski definition) is 8. The summed E-state index contributed by atoms with van der Waals surface area (Å²) in [5, 5.41) is 18.2. The molecule has 1 unspecified atom stereocenters. The van der Waals surface area contributed by atoms with Crippen LogP contribution < -0.4 is 24.2 Å². The number of esters is 1. The molecule has 0 bridgehead atoms. The van der Waals surface area contributed by atoms with Crippen molar-refractivity contribution in [3.8, 4) is 28.6 Å². The molecule has 0 saturated heterocycles. The smallest absolute Gasteiger partial charge is 0.311 e. The molecule has 1 aliphatic heterocycles. The molecule has 0 aliphatic carbocycles. The molecule has 1 atom stereocenters. The highest BCUT2D eigenvalue weighted by molar-refractivity contribution is 9.10. The molecule has 9 nitrogen and oxygen atoms in total. The molecule has 1 aliphatic rings. The molecule has 36 heavy (non-hydrogen) atoms. The van der Waals surface area contributed by atoms with Crippen LogP contribution in [0.15, 0.2) is 46.0 Å². The van der Waals surface area contributed by atoms with E-state index in [0.717, 1.165) is 0 Å². The summed E-state index contributed by atoms with van der Waals surface area (Å²) >= 11 is 4.74. The molecule has 0 saturated carbocycles. The van der Waals surface area contributed by atoms with E-state index >= 15 is 0 Å². The van der Waals surface area contributed by atoms with Crippen LogP contribution in [0.25, 0.3) is 11.3 Å². The van der Waals surface area contributed by atoms with Crippen LogP contribution >= 0.6 is 27.7 Å². The third kappa shape index (κ3) is 4.64. The summed E-state index contributed by atoms with van der Waals surface area (Å²) in [7, 11) is 0. The Balaban J connectivity index is 2.12. The van der Waals surface area contributed by atoms with Crippen molar-refractivity contribution in [3.05, 3.63) is 46.4 Å². The van der Waals surface area contributed by atoms with E-state index in [-0.39, 0.29) is 35.3 Å². The zero-order valence-corrected chi connectivity index (χ0v) is 22.7. The number of rotatable bonds is 7. The molecular formula is C25H25BrN4O5S. The van der Waals surface area contributed by atoms with Crippen molar-refractivity contribution in [1.82, 2.24) is 10.1 Å². The predicted octanol–water partition coefficient (Wildman–Crippen LogP) is 4.01. The lowest BCUT2D eigenvalue weighted by atomic mass is 10.00. The standard InChI is InChI=1S/C25H25BrN4O5S/c1-5-19(31)29-17-11-9-8-10-15(17)21-23(33)27-25(36-4)28-30(21)24(29)16-12-14(26)13-18(34-7-3)22(16)35-20(32)6-2/h8-13,24H,5-7H2,1-4H3. The maximum Gasteiger partial charge on any atom is 0.311 e. The Kier molecular flexibility index (Phi) is 7.79. The minimum Gasteiger partial charge on any atom is -0.854 e. The van der Waals surface area contributed by atoms with Gasteiger partial charge in [0.2, 0.25) is 5.91 Å². The van der Waals surface area contributed by atoms with E-state index in [4.69, 9.17) is 9.47 Å². The van der Waals surface area contributed by atoms with Crippen molar-refractivity contribution >= 4 is 45.3 Å². The average Bonchev–Trinajstić information content (AvgIpc) is 2.88. The molecule has 1 aromatic heterocycles. The van der Waals surface area contributed by atoms with Crippen molar-refractivity contribution in [1.29, 1.82) is 0 Å². The largest absolute Gasteiger partial charge is 0.854 e. The highest BCUT2D eigenvalue weighted by Gasteiger charge is 2.46. The lowest BCUT2D eigenvalue weighted by Gasteiger charge is -2.34. The van der Waals surface area contributed by atoms with Crippen LogP contribution in [0.4, 0.5) is 5.69 Å². The number of nitrogens with zero attached hydrogens (tertiary/aromatic N) is 4. The molecule has 1 amide bonds. The molecule has 0 fully saturated rings. The fourth-order valence-electron chi connectivity index (χ4n) is 4.08. The van der Waals surface area contributed by atoms with Gasteiger partial charge < -0.3 is 14.6 Å². The first-order valence-corrected chi connectivity index (χ1v) is 13.5. The van der Waals surface area contributed by atoms with Crippen LogP contribution in [0, 0.1) is 0 Å². The maximum absolute atomic E-state index is 13.5. The number of aromatic nitrogens is 3. The highest BCUT2D eigenvalue weighted by atomic mass is 79.9. The fourth-order valence-corrected chi connectivity index (χ4v) is 4.88. The third-order valence-corrected chi connectivity index (χ3v) is 6.60. The number of carbonyl (C=O) groups is 2. The molecule has 0 spiro atoms. The number of halogens is 1. The van der Waals surface area contributed by atoms with Crippen molar-refractivity contribution in [2.24, 2.45) is 0 Å². The monoisotopic (exact) mass is 572 g/mol. The van der Waals surface area contributed by atoms with Gasteiger partial charge in [-0.15, -0.1) is 0 Å². The summed E-state index contributed by atoms with van der Waals surface area (Å²) in [4.78, 5) is 31.7. The van der Waals surface area contributed by atoms with Gasteiger partial charge in [0.1, 0.15) is 0 Å². The van der Waals surface area contributed by atoms with Crippen LogP contribution in [0.1, 0.15) is 45.3 Å². The SMILES string of the molecule is CCOc1cc(Br)cc(C2N(C(=O)CC)c3ccccc3-c3c([O-])nc(SC)n[n+]32)c1OC(=O)CC. The number of anilines is 1. The number of fused-ring (bicyclic) bond motifs is 3. The van der Waals surface area contributed by atoms with Crippen molar-refractivity contribution in [2.75, 3.05) is 17.8 Å². The van der Waals surface area contributed by atoms with E-state index in [1.807, 2.05) is 6.92 Å². The number of ether oxygens (including phenoxy) is 2. The van der Waals surface area contributed by atoms with Gasteiger partial charge in [0.25, 0.3) is 17.0 Å². The zero-order chi connectivity index (χ0) is 26.0. The van der Waals surface area contributed by atoms with Gasteiger partial charge in [-0.1, -0.05) is 58.4 Å². The van der Waals surface area contributed by atoms with E-state index in [2.05, 4.69) is 26.0 Å². The summed E-state index contributed by atoms with van der Waals surface area (Å²) in [6.45, 7) is 5.60. The molecule has 3 aromatic rings. The molecule has 0 N–H and O–H groups in total. The van der Waals surface area contributed by atoms with Gasteiger partial charge in [-0.05, 0) is 37.4 Å². The minimum absolute atomic E-state index is 0.138. The third-order valence-electron chi connectivity index (χ3n) is 5.60. The first-order chi connectivity index (χ1) is 17.3. The first kappa shape index (κ1) is 25.9. The second-order valence-corrected chi connectivity index (χ2v) is 9.48. The summed E-state index contributed by atoms with van der Waals surface area (Å²) in [6, 6.07) is 10.6. The van der Waals surface area contributed by atoms with Gasteiger partial charge in [-0.2, -0.15) is 0 Å². The second-order valence-electron chi connectivity index (χ2n) is 7.79. The van der Waals surface area contributed by atoms with Crippen LogP contribution in [0.5, 0.6) is 17.4 Å². The van der Waals surface area contributed by atoms with Crippen molar-refractivity contribution in [2.45, 2.75) is 44.9 Å². The van der Waals surface area contributed by atoms with Crippen LogP contribution in [0.3, 0.4) is 0 Å². The molecule has 2 aromatic carbocycles. The number of benzene rings is 2. The Labute approximate surface area is 221 Å². The van der Waals surface area contributed by atoms with Gasteiger partial charge in [-0.25, -0.2) is 9.88 Å². The fraction of sp³-hybridized carbons (Fsp3) is 0.320. The Hall–Kier alpha value is -3.18. The lowest BCUT2D eigenvalue weighted by molar-refractivity contribution is -0.764. The first-order valence-electron chi connectivity index (χ1n) is 11.5. The number of amides is 1. The normalized spacial score (nSPS) is 14.1. The molecule has 4 rings (SSSR count). The van der Waals surface area contributed by atoms with Crippen LogP contribution in [-0.4, -0.2) is 34.8 Å². The van der Waals surface area contributed by atoms with Gasteiger partial charge in [0.05, 0.1) is 29.3 Å². The number of thioether (sulfide) groups is 1. The van der Waals surface area contributed by atoms with E-state index in [9.17, 15) is 14.7 Å². The summed E-state index contributed by atoms with van der Waals surface area (Å²) < 4.78 is 13.7. The highest BCUT2D eigenvalue weighted by Crippen LogP contribution is 2.46. The van der Waals surface area contributed by atoms with Gasteiger partial charge in [0.15, 0.2) is 11.5 Å². The Bertz CT molecular complexity index is 1340. The number of para-hydroxylation sites is 1. The molecule has 188 valence electrons. The van der Waals surface area contributed by atoms with E-state index in [1.165, 1.54) is 16.4 Å². The average molecular weight is 573 g/mol. The van der Waals surface area contributed by atoms with E-state index in [1.54, 1.807) is 61.4 Å². The predicted molar refractivity (Wildman–Crippen MR) is 136 cm³/mol. The minimum atomic E-state index is -0.944. The number of hydrogen-bond donors (Lipinski definition) is 0. The quantitative estimate of drug-likeness (QED) is 0.181. The Morgan fingerprint density at radius 2 is 1.94 bits per heavy atom. The topological polar surface area (TPSA) is 109 Å². The van der Waals surface area contributed by atoms with E-state index in [0.29, 0.717) is 33.6 Å². The molecule has 0 radical (unpaired) electrons. The summed E-state index contributed by atoms with van der Waals surface area (Å²) in [6.07, 6.45) is 1.16. The molecule has 11 heteroatoms. The van der Waals surface area contributed by atoms with Crippen LogP contribution in [0.2, 0.25) is 0 Å². The van der Waals surface area contributed by atoms with Gasteiger partial charge >= 0.3 is 5.97 Å². The van der Waals surface area contributed by atoms with Gasteiger partial charge in [-0.3, -0.25) is 9.59 Å². The summed E-state index contributed by atoms with van der Waals surface area (Å²) in [5.41, 5.74) is 1.75. The maximum atomic E-state index is 13.5. The zero-order valence-electron chi connectivity index (χ0n) is 20.3. The second kappa shape index (κ2) is 10.8. The molecular weight excluding hydrogens is 548 g/mol. The summed E-state index contributed by atoms with van der Waals surface area (Å²) in [5.74, 6) is -0.641. The van der Waals surface area contributed by atoms with Crippen molar-refractivity contribution < 1.29 is 28.9 Å². The Morgan fingerprint density at radius 1 is 1.19 bits per heavy atom.